The van der Waals surface area contributed by atoms with Crippen molar-refractivity contribution in [3.05, 3.63) is 77.9 Å². The van der Waals surface area contributed by atoms with Gasteiger partial charge in [0.2, 0.25) is 0 Å². The van der Waals surface area contributed by atoms with E-state index in [4.69, 9.17) is 10.5 Å². The normalized spacial score (nSPS) is 11.0. The van der Waals surface area contributed by atoms with Crippen molar-refractivity contribution in [2.24, 2.45) is 0 Å². The van der Waals surface area contributed by atoms with E-state index in [1.807, 2.05) is 73.7 Å². The number of anilines is 2. The Kier molecular flexibility index (Phi) is 5.98. The van der Waals surface area contributed by atoms with Crippen LogP contribution in [0.3, 0.4) is 0 Å². The Hall–Kier alpha value is -3.71. The molecule has 3 rings (SSSR count). The highest BCUT2D eigenvalue weighted by atomic mass is 16.5. The van der Waals surface area contributed by atoms with E-state index >= 15 is 0 Å². The molecule has 0 aromatic heterocycles. The second-order valence-electron chi connectivity index (χ2n) is 6.36. The largest absolute Gasteiger partial charge is 0.497 e. The van der Waals surface area contributed by atoms with E-state index < -0.39 is 0 Å². The number of rotatable bonds is 6. The lowest BCUT2D eigenvalue weighted by Gasteiger charge is -2.13. The van der Waals surface area contributed by atoms with E-state index in [0.29, 0.717) is 11.3 Å². The summed E-state index contributed by atoms with van der Waals surface area (Å²) in [5.41, 5.74) is 11.8. The molecule has 0 unspecified atom stereocenters. The lowest BCUT2D eigenvalue weighted by atomic mass is 9.96. The third kappa shape index (κ3) is 4.33. The summed E-state index contributed by atoms with van der Waals surface area (Å²) < 4.78 is 5.34. The number of ether oxygens (including phenoxy) is 1. The van der Waals surface area contributed by atoms with E-state index in [0.717, 1.165) is 40.2 Å². The molecule has 3 aromatic carbocycles. The van der Waals surface area contributed by atoms with Gasteiger partial charge in [-0.3, -0.25) is 0 Å². The van der Waals surface area contributed by atoms with Gasteiger partial charge < -0.3 is 15.8 Å². The molecular formula is C24H23N3O. The number of nitriles is 1. The third-order valence-electron chi connectivity index (χ3n) is 4.45. The fourth-order valence-corrected chi connectivity index (χ4v) is 3.02. The van der Waals surface area contributed by atoms with Crippen LogP contribution in [-0.4, -0.2) is 13.7 Å². The first-order chi connectivity index (χ1) is 13.6. The SMILES string of the molecule is CCNc1ccc(-c2cccc(OC)c2)cc1/C(C#N)=C/c1ccc(N)cc1. The molecule has 0 spiro atoms. The number of nitrogen functional groups attached to an aromatic ring is 1. The number of nitrogens with two attached hydrogens (primary N) is 1. The number of hydrogen-bond acceptors (Lipinski definition) is 4. The monoisotopic (exact) mass is 369 g/mol. The van der Waals surface area contributed by atoms with Gasteiger partial charge in [0.25, 0.3) is 0 Å². The smallest absolute Gasteiger partial charge is 0.119 e. The van der Waals surface area contributed by atoms with Crippen molar-refractivity contribution in [2.75, 3.05) is 24.7 Å². The van der Waals surface area contributed by atoms with E-state index in [1.165, 1.54) is 0 Å². The summed E-state index contributed by atoms with van der Waals surface area (Å²) in [6.07, 6.45) is 1.88. The van der Waals surface area contributed by atoms with Gasteiger partial charge >= 0.3 is 0 Å². The van der Waals surface area contributed by atoms with Crippen LogP contribution >= 0.6 is 0 Å². The first-order valence-electron chi connectivity index (χ1n) is 9.14. The summed E-state index contributed by atoms with van der Waals surface area (Å²) in [5, 5.41) is 13.2. The van der Waals surface area contributed by atoms with Crippen molar-refractivity contribution in [3.63, 3.8) is 0 Å². The Morgan fingerprint density at radius 3 is 2.50 bits per heavy atom. The van der Waals surface area contributed by atoms with Crippen LogP contribution in [0.15, 0.2) is 66.7 Å². The Morgan fingerprint density at radius 1 is 1.07 bits per heavy atom. The molecule has 0 saturated heterocycles. The molecule has 3 aromatic rings. The predicted molar refractivity (Wildman–Crippen MR) is 117 cm³/mol. The fourth-order valence-electron chi connectivity index (χ4n) is 3.02. The number of allylic oxidation sites excluding steroid dienone is 1. The van der Waals surface area contributed by atoms with Crippen LogP contribution in [0.2, 0.25) is 0 Å². The molecule has 0 bridgehead atoms. The molecule has 0 aliphatic heterocycles. The third-order valence-corrected chi connectivity index (χ3v) is 4.45. The summed E-state index contributed by atoms with van der Waals surface area (Å²) in [6.45, 7) is 2.81. The first-order valence-corrected chi connectivity index (χ1v) is 9.14. The van der Waals surface area contributed by atoms with Crippen LogP contribution in [0.5, 0.6) is 5.75 Å². The van der Waals surface area contributed by atoms with Crippen LogP contribution in [0, 0.1) is 11.3 Å². The summed E-state index contributed by atoms with van der Waals surface area (Å²) in [6, 6.07) is 23.8. The number of nitrogens with one attached hydrogen (secondary N) is 1. The quantitative estimate of drug-likeness (QED) is 0.345. The maximum atomic E-state index is 9.84. The van der Waals surface area contributed by atoms with Gasteiger partial charge in [0.1, 0.15) is 5.75 Å². The average Bonchev–Trinajstić information content (AvgIpc) is 2.74. The van der Waals surface area contributed by atoms with Gasteiger partial charge in [-0.2, -0.15) is 5.26 Å². The molecule has 0 aliphatic rings. The molecule has 4 heteroatoms. The van der Waals surface area contributed by atoms with Crippen molar-refractivity contribution in [1.82, 2.24) is 0 Å². The molecule has 140 valence electrons. The van der Waals surface area contributed by atoms with Gasteiger partial charge in [-0.25, -0.2) is 0 Å². The number of benzene rings is 3. The lowest BCUT2D eigenvalue weighted by Crippen LogP contribution is -2.00. The molecule has 0 saturated carbocycles. The Labute approximate surface area is 165 Å². The van der Waals surface area contributed by atoms with Gasteiger partial charge in [0.05, 0.1) is 18.8 Å². The minimum atomic E-state index is 0.588. The lowest BCUT2D eigenvalue weighted by molar-refractivity contribution is 0.415. The van der Waals surface area contributed by atoms with Gasteiger partial charge in [-0.15, -0.1) is 0 Å². The van der Waals surface area contributed by atoms with E-state index in [9.17, 15) is 5.26 Å². The Bertz CT molecular complexity index is 1030. The van der Waals surface area contributed by atoms with Crippen LogP contribution in [0.25, 0.3) is 22.8 Å². The van der Waals surface area contributed by atoms with Crippen LogP contribution < -0.4 is 15.8 Å². The van der Waals surface area contributed by atoms with Crippen molar-refractivity contribution in [3.8, 4) is 22.9 Å². The zero-order valence-corrected chi connectivity index (χ0v) is 16.1. The highest BCUT2D eigenvalue weighted by Crippen LogP contribution is 2.32. The molecule has 28 heavy (non-hydrogen) atoms. The Balaban J connectivity index is 2.10. The number of hydrogen-bond donors (Lipinski definition) is 2. The summed E-state index contributed by atoms with van der Waals surface area (Å²) in [5.74, 6) is 0.799. The van der Waals surface area contributed by atoms with Crippen LogP contribution in [0.4, 0.5) is 11.4 Å². The van der Waals surface area contributed by atoms with E-state index in [-0.39, 0.29) is 0 Å². The van der Waals surface area contributed by atoms with Gasteiger partial charge in [-0.05, 0) is 66.1 Å². The zero-order valence-electron chi connectivity index (χ0n) is 16.1. The maximum Gasteiger partial charge on any atom is 0.119 e. The number of nitrogens with zero attached hydrogens (tertiary/aromatic N) is 1. The minimum Gasteiger partial charge on any atom is -0.497 e. The molecule has 0 heterocycles. The molecule has 0 fully saturated rings. The van der Waals surface area contributed by atoms with Gasteiger partial charge in [0, 0.05) is 23.5 Å². The first kappa shape index (κ1) is 19.1. The highest BCUT2D eigenvalue weighted by molar-refractivity contribution is 5.95. The average molecular weight is 369 g/mol. The van der Waals surface area contributed by atoms with Gasteiger partial charge in [-0.1, -0.05) is 30.3 Å². The minimum absolute atomic E-state index is 0.588. The van der Waals surface area contributed by atoms with Gasteiger partial charge in [0.15, 0.2) is 0 Å². The second-order valence-corrected chi connectivity index (χ2v) is 6.36. The molecule has 0 atom stereocenters. The van der Waals surface area contributed by atoms with E-state index in [2.05, 4.69) is 17.5 Å². The molecule has 4 nitrogen and oxygen atoms in total. The maximum absolute atomic E-state index is 9.84. The summed E-state index contributed by atoms with van der Waals surface area (Å²) >= 11 is 0. The van der Waals surface area contributed by atoms with Crippen molar-refractivity contribution < 1.29 is 4.74 Å². The Morgan fingerprint density at radius 2 is 1.82 bits per heavy atom. The zero-order chi connectivity index (χ0) is 19.9. The van der Waals surface area contributed by atoms with Crippen LogP contribution in [0.1, 0.15) is 18.1 Å². The molecule has 3 N–H and O–H groups in total. The fraction of sp³-hybridized carbons (Fsp3) is 0.125. The van der Waals surface area contributed by atoms with Crippen molar-refractivity contribution in [2.45, 2.75) is 6.92 Å². The highest BCUT2D eigenvalue weighted by Gasteiger charge is 2.11. The standard InChI is InChI=1S/C24H23N3O/c1-3-27-24-12-9-19(18-5-4-6-22(14-18)28-2)15-23(24)20(16-25)13-17-7-10-21(26)11-8-17/h4-15,27H,3,26H2,1-2H3/b20-13+. The number of methoxy groups -OCH3 is 1. The molecular weight excluding hydrogens is 346 g/mol. The molecule has 0 aliphatic carbocycles. The summed E-state index contributed by atoms with van der Waals surface area (Å²) in [4.78, 5) is 0. The second kappa shape index (κ2) is 8.79. The van der Waals surface area contributed by atoms with Crippen molar-refractivity contribution in [1.29, 1.82) is 5.26 Å². The van der Waals surface area contributed by atoms with E-state index in [1.54, 1.807) is 7.11 Å². The topological polar surface area (TPSA) is 71.1 Å². The summed E-state index contributed by atoms with van der Waals surface area (Å²) in [7, 11) is 1.65. The predicted octanol–water partition coefficient (Wildman–Crippen LogP) is 5.44. The van der Waals surface area contributed by atoms with Crippen LogP contribution in [-0.2, 0) is 0 Å². The molecule has 0 radical (unpaired) electrons. The van der Waals surface area contributed by atoms with Crippen molar-refractivity contribution >= 4 is 23.0 Å². The molecule has 0 amide bonds.